The van der Waals surface area contributed by atoms with Gasteiger partial charge in [-0.2, -0.15) is 0 Å². The van der Waals surface area contributed by atoms with Crippen molar-refractivity contribution in [1.82, 2.24) is 4.98 Å². The highest BCUT2D eigenvalue weighted by Gasteiger charge is 2.23. The van der Waals surface area contributed by atoms with Gasteiger partial charge >= 0.3 is 0 Å². The van der Waals surface area contributed by atoms with Crippen LogP contribution in [0.5, 0.6) is 0 Å². The summed E-state index contributed by atoms with van der Waals surface area (Å²) in [5, 5.41) is 0. The number of benzene rings is 2. The van der Waals surface area contributed by atoms with E-state index >= 15 is 0 Å². The maximum absolute atomic E-state index is 14.6. The highest BCUT2D eigenvalue weighted by Crippen LogP contribution is 2.29. The minimum Gasteiger partial charge on any atom is -0.312 e. The Labute approximate surface area is 146 Å². The fraction of sp³-hybridized carbons (Fsp3) is 0.222. The first-order chi connectivity index (χ1) is 11.9. The summed E-state index contributed by atoms with van der Waals surface area (Å²) in [5.74, 6) is -2.86. The Morgan fingerprint density at radius 3 is 2.56 bits per heavy atom. The summed E-state index contributed by atoms with van der Waals surface area (Å²) in [6.07, 6.45) is 0.151. The van der Waals surface area contributed by atoms with Crippen molar-refractivity contribution < 1.29 is 18.0 Å². The van der Waals surface area contributed by atoms with Gasteiger partial charge in [-0.1, -0.05) is 6.92 Å². The number of hydrogen-bond acceptors (Lipinski definition) is 3. The average molecular weight is 364 g/mol. The molecule has 25 heavy (non-hydrogen) atoms. The number of hydrogen-bond donors (Lipinski definition) is 0. The first-order valence-corrected chi connectivity index (χ1v) is 8.49. The van der Waals surface area contributed by atoms with Gasteiger partial charge in [-0.25, -0.2) is 18.2 Å². The molecule has 0 bridgehead atoms. The lowest BCUT2D eigenvalue weighted by Crippen LogP contribution is -2.33. The fourth-order valence-electron chi connectivity index (χ4n) is 2.77. The largest absolute Gasteiger partial charge is 0.312 e. The summed E-state index contributed by atoms with van der Waals surface area (Å²) in [6, 6.07) is 6.40. The molecule has 0 aliphatic carbocycles. The number of halogens is 3. The van der Waals surface area contributed by atoms with Gasteiger partial charge in [0, 0.05) is 19.0 Å². The van der Waals surface area contributed by atoms with Crippen molar-refractivity contribution in [1.29, 1.82) is 0 Å². The molecule has 3 aromatic rings. The molecular weight excluding hydrogens is 349 g/mol. The molecule has 1 aromatic heterocycles. The van der Waals surface area contributed by atoms with E-state index in [2.05, 4.69) is 4.98 Å². The second-order valence-corrected chi connectivity index (χ2v) is 6.76. The summed E-state index contributed by atoms with van der Waals surface area (Å²) >= 11 is 1.32. The Bertz CT molecular complexity index is 921. The molecule has 2 aromatic carbocycles. The van der Waals surface area contributed by atoms with Gasteiger partial charge in [-0.3, -0.25) is 4.79 Å². The van der Waals surface area contributed by atoms with Crippen LogP contribution in [0.3, 0.4) is 0 Å². The van der Waals surface area contributed by atoms with Gasteiger partial charge in [-0.05, 0) is 36.2 Å². The second kappa shape index (κ2) is 6.84. The zero-order valence-corrected chi connectivity index (χ0v) is 14.4. The predicted octanol–water partition coefficient (Wildman–Crippen LogP) is 4.56. The maximum atomic E-state index is 14.6. The van der Waals surface area contributed by atoms with Gasteiger partial charge < -0.3 is 4.90 Å². The first kappa shape index (κ1) is 17.4. The summed E-state index contributed by atoms with van der Waals surface area (Å²) in [7, 11) is 1.47. The Morgan fingerprint density at radius 1 is 1.20 bits per heavy atom. The molecule has 1 heterocycles. The Hall–Kier alpha value is -2.41. The number of aromatic nitrogens is 1. The molecule has 130 valence electrons. The minimum atomic E-state index is -0.692. The van der Waals surface area contributed by atoms with Crippen LogP contribution in [0, 0.1) is 23.4 Å². The Morgan fingerprint density at radius 2 is 1.88 bits per heavy atom. The zero-order valence-electron chi connectivity index (χ0n) is 13.6. The lowest BCUT2D eigenvalue weighted by atomic mass is 9.99. The Kier molecular flexibility index (Phi) is 4.76. The van der Waals surface area contributed by atoms with Crippen LogP contribution in [0.4, 0.5) is 18.9 Å². The monoisotopic (exact) mass is 364 g/mol. The number of carbonyl (C=O) groups excluding carboxylic acids is 1. The third-order valence-corrected chi connectivity index (χ3v) is 4.79. The SMILES string of the molecule is C[C@@H](Cc1cc(F)cc(F)c1)C(=O)N(C)c1ccc2scnc2c1F. The van der Waals surface area contributed by atoms with Crippen LogP contribution in [-0.4, -0.2) is 17.9 Å². The number of carbonyl (C=O) groups is 1. The van der Waals surface area contributed by atoms with E-state index in [1.165, 1.54) is 41.5 Å². The number of amides is 1. The van der Waals surface area contributed by atoms with E-state index in [4.69, 9.17) is 0 Å². The summed E-state index contributed by atoms with van der Waals surface area (Å²) in [4.78, 5) is 17.8. The molecule has 0 radical (unpaired) electrons. The molecule has 0 unspecified atom stereocenters. The van der Waals surface area contributed by atoms with Crippen LogP contribution in [0.15, 0.2) is 35.8 Å². The van der Waals surface area contributed by atoms with Gasteiger partial charge in [0.1, 0.15) is 17.2 Å². The van der Waals surface area contributed by atoms with E-state index in [1.807, 2.05) is 0 Å². The molecule has 0 saturated carbocycles. The molecule has 0 aliphatic heterocycles. The molecule has 0 fully saturated rings. The van der Waals surface area contributed by atoms with Gasteiger partial charge in [0.2, 0.25) is 5.91 Å². The van der Waals surface area contributed by atoms with Crippen LogP contribution < -0.4 is 4.90 Å². The van der Waals surface area contributed by atoms with E-state index < -0.39 is 23.4 Å². The van der Waals surface area contributed by atoms with Gasteiger partial charge in [-0.15, -0.1) is 11.3 Å². The van der Waals surface area contributed by atoms with E-state index in [0.717, 1.165) is 6.07 Å². The third-order valence-electron chi connectivity index (χ3n) is 4.00. The second-order valence-electron chi connectivity index (χ2n) is 5.88. The highest BCUT2D eigenvalue weighted by atomic mass is 32.1. The van der Waals surface area contributed by atoms with E-state index in [-0.39, 0.29) is 23.5 Å². The first-order valence-electron chi connectivity index (χ1n) is 7.61. The molecule has 0 spiro atoms. The van der Waals surface area contributed by atoms with Crippen LogP contribution in [0.25, 0.3) is 10.2 Å². The van der Waals surface area contributed by atoms with Crippen LogP contribution in [-0.2, 0) is 11.2 Å². The minimum absolute atomic E-state index is 0.126. The molecule has 3 nitrogen and oxygen atoms in total. The van der Waals surface area contributed by atoms with Crippen molar-refractivity contribution in [3.05, 3.63) is 58.9 Å². The number of fused-ring (bicyclic) bond motifs is 1. The molecule has 0 N–H and O–H groups in total. The molecule has 0 aliphatic rings. The molecule has 1 amide bonds. The standard InChI is InChI=1S/C18H15F3N2OS/c1-10(5-11-6-12(19)8-13(20)7-11)18(24)23(2)14-3-4-15-17(16(14)21)22-9-25-15/h3-4,6-10H,5H2,1-2H3/t10-/m0/s1. The van der Waals surface area contributed by atoms with E-state index in [1.54, 1.807) is 18.5 Å². The molecule has 1 atom stereocenters. The maximum Gasteiger partial charge on any atom is 0.229 e. The van der Waals surface area contributed by atoms with Gasteiger partial charge in [0.05, 0.1) is 15.9 Å². The van der Waals surface area contributed by atoms with Crippen LogP contribution in [0.2, 0.25) is 0 Å². The summed E-state index contributed by atoms with van der Waals surface area (Å²) in [5.41, 5.74) is 2.27. The smallest absolute Gasteiger partial charge is 0.229 e. The van der Waals surface area contributed by atoms with E-state index in [9.17, 15) is 18.0 Å². The topological polar surface area (TPSA) is 33.2 Å². The number of thiazole rings is 1. The quantitative estimate of drug-likeness (QED) is 0.680. The number of rotatable bonds is 4. The van der Waals surface area contributed by atoms with Crippen molar-refractivity contribution in [2.75, 3.05) is 11.9 Å². The molecule has 3 rings (SSSR count). The highest BCUT2D eigenvalue weighted by molar-refractivity contribution is 7.16. The van der Waals surface area contributed by atoms with E-state index in [0.29, 0.717) is 10.3 Å². The van der Waals surface area contributed by atoms with Gasteiger partial charge in [0.25, 0.3) is 0 Å². The van der Waals surface area contributed by atoms with Gasteiger partial charge in [0.15, 0.2) is 5.82 Å². The van der Waals surface area contributed by atoms with Crippen molar-refractivity contribution in [2.45, 2.75) is 13.3 Å². The third kappa shape index (κ3) is 3.51. The summed E-state index contributed by atoms with van der Waals surface area (Å²) < 4.78 is 41.8. The molecular formula is C18H15F3N2OS. The van der Waals surface area contributed by atoms with Crippen molar-refractivity contribution in [2.24, 2.45) is 5.92 Å². The normalized spacial score (nSPS) is 12.4. The molecule has 7 heteroatoms. The van der Waals surface area contributed by atoms with Crippen molar-refractivity contribution in [3.8, 4) is 0 Å². The average Bonchev–Trinajstić information content (AvgIpc) is 3.02. The Balaban J connectivity index is 1.81. The van der Waals surface area contributed by atoms with Crippen molar-refractivity contribution >= 4 is 33.1 Å². The predicted molar refractivity (Wildman–Crippen MR) is 92.2 cm³/mol. The van der Waals surface area contributed by atoms with Crippen LogP contribution >= 0.6 is 11.3 Å². The van der Waals surface area contributed by atoms with Crippen molar-refractivity contribution in [3.63, 3.8) is 0 Å². The fourth-order valence-corrected chi connectivity index (χ4v) is 3.44. The van der Waals surface area contributed by atoms with Crippen LogP contribution in [0.1, 0.15) is 12.5 Å². The zero-order chi connectivity index (χ0) is 18.1. The number of nitrogens with zero attached hydrogens (tertiary/aromatic N) is 2. The lowest BCUT2D eigenvalue weighted by Gasteiger charge is -2.22. The molecule has 0 saturated heterocycles. The lowest BCUT2D eigenvalue weighted by molar-refractivity contribution is -0.121. The number of anilines is 1. The summed E-state index contributed by atoms with van der Waals surface area (Å²) in [6.45, 7) is 1.64.